The standard InChI is InChI=1S/C48H45NS/c1-45(2)19-20-46(3,4)40-26-32(14-17-38(40)45)49(30-15-18-42-36(24-30)35-10-6-8-12-41(35)50-42)31-13-16-34-33-9-5-7-11-37(33)48(39(34)25-31)43-22-28-21-29-23-44(48)47(29,43)27-28/h5-18,24-26,28-29,43-44H,19-23,27H2,1-4H3. The van der Waals surface area contributed by atoms with Crippen LogP contribution in [0.3, 0.4) is 0 Å². The molecule has 248 valence electrons. The summed E-state index contributed by atoms with van der Waals surface area (Å²) in [7, 11) is 0. The molecular formula is C48H45NS. The van der Waals surface area contributed by atoms with Gasteiger partial charge < -0.3 is 4.90 Å². The van der Waals surface area contributed by atoms with Crippen molar-refractivity contribution >= 4 is 48.6 Å². The van der Waals surface area contributed by atoms with E-state index in [4.69, 9.17) is 0 Å². The van der Waals surface area contributed by atoms with E-state index in [1.165, 1.54) is 98.0 Å². The number of fused-ring (bicyclic) bond motifs is 12. The summed E-state index contributed by atoms with van der Waals surface area (Å²) < 4.78 is 2.73. The van der Waals surface area contributed by atoms with Crippen LogP contribution in [0.15, 0.2) is 103 Å². The average Bonchev–Trinajstić information content (AvgIpc) is 3.84. The van der Waals surface area contributed by atoms with Crippen molar-refractivity contribution in [2.45, 2.75) is 82.5 Å². The molecule has 50 heavy (non-hydrogen) atoms. The van der Waals surface area contributed by atoms with Gasteiger partial charge in [-0.1, -0.05) is 82.3 Å². The third kappa shape index (κ3) is 3.24. The van der Waals surface area contributed by atoms with Crippen molar-refractivity contribution in [2.75, 3.05) is 4.90 Å². The fourth-order valence-corrected chi connectivity index (χ4v) is 14.6. The van der Waals surface area contributed by atoms with E-state index >= 15 is 0 Å². The summed E-state index contributed by atoms with van der Waals surface area (Å²) in [6.45, 7) is 9.81. The van der Waals surface area contributed by atoms with Gasteiger partial charge in [0.25, 0.3) is 0 Å². The van der Waals surface area contributed by atoms with Gasteiger partial charge in [0, 0.05) is 42.6 Å². The molecule has 0 radical (unpaired) electrons. The van der Waals surface area contributed by atoms with Crippen molar-refractivity contribution in [3.8, 4) is 11.1 Å². The Morgan fingerprint density at radius 3 is 2.08 bits per heavy atom. The van der Waals surface area contributed by atoms with E-state index in [-0.39, 0.29) is 16.2 Å². The van der Waals surface area contributed by atoms with E-state index < -0.39 is 0 Å². The molecule has 2 spiro atoms. The molecule has 0 amide bonds. The predicted molar refractivity (Wildman–Crippen MR) is 210 cm³/mol. The van der Waals surface area contributed by atoms with Crippen molar-refractivity contribution in [2.24, 2.45) is 29.1 Å². The zero-order valence-corrected chi connectivity index (χ0v) is 30.5. The van der Waals surface area contributed by atoms with Gasteiger partial charge in [0.1, 0.15) is 0 Å². The summed E-state index contributed by atoms with van der Waals surface area (Å²) in [6, 6.07) is 40.8. The largest absolute Gasteiger partial charge is 0.310 e. The molecular weight excluding hydrogens is 623 g/mol. The molecule has 2 bridgehead atoms. The summed E-state index contributed by atoms with van der Waals surface area (Å²) in [5, 5.41) is 2.72. The van der Waals surface area contributed by atoms with Crippen LogP contribution in [0.1, 0.15) is 88.5 Å². The first-order valence-corrected chi connectivity index (χ1v) is 20.1. The number of hydrogen-bond acceptors (Lipinski definition) is 2. The maximum absolute atomic E-state index is 2.67. The number of anilines is 3. The summed E-state index contributed by atoms with van der Waals surface area (Å²) >= 11 is 1.91. The first kappa shape index (κ1) is 28.8. The van der Waals surface area contributed by atoms with Crippen molar-refractivity contribution in [1.29, 1.82) is 0 Å². The van der Waals surface area contributed by atoms with Gasteiger partial charge in [-0.3, -0.25) is 0 Å². The minimum absolute atomic E-state index is 0.145. The number of thiophene rings is 1. The Morgan fingerprint density at radius 2 is 1.22 bits per heavy atom. The Bertz CT molecular complexity index is 2460. The topological polar surface area (TPSA) is 3.24 Å². The molecule has 6 aliphatic rings. The Labute approximate surface area is 300 Å². The molecule has 4 saturated carbocycles. The third-order valence-corrected chi connectivity index (χ3v) is 16.7. The summed E-state index contributed by atoms with van der Waals surface area (Å²) in [5.41, 5.74) is 14.3. The van der Waals surface area contributed by atoms with E-state index in [9.17, 15) is 0 Å². The maximum Gasteiger partial charge on any atom is 0.0468 e. The highest BCUT2D eigenvalue weighted by molar-refractivity contribution is 7.25. The van der Waals surface area contributed by atoms with Crippen LogP contribution in [0.2, 0.25) is 0 Å². The molecule has 6 atom stereocenters. The van der Waals surface area contributed by atoms with Crippen LogP contribution in [-0.4, -0.2) is 0 Å². The van der Waals surface area contributed by atoms with Crippen LogP contribution >= 0.6 is 11.3 Å². The van der Waals surface area contributed by atoms with Gasteiger partial charge in [-0.15, -0.1) is 11.3 Å². The molecule has 6 aromatic rings. The Morgan fingerprint density at radius 1 is 0.560 bits per heavy atom. The van der Waals surface area contributed by atoms with Crippen LogP contribution in [0, 0.1) is 29.1 Å². The normalized spacial score (nSPS) is 31.2. The van der Waals surface area contributed by atoms with Crippen molar-refractivity contribution in [3.05, 3.63) is 125 Å². The molecule has 0 aliphatic heterocycles. The van der Waals surface area contributed by atoms with Gasteiger partial charge in [0.15, 0.2) is 0 Å². The molecule has 2 heteroatoms. The SMILES string of the molecule is CC1(C)CCC(C)(C)c2cc(N(c3ccc4c(c3)C3(c5ccccc5-4)C4CC5CC6CC3C64C5)c3ccc4sc5ccccc5c4c3)ccc21. The molecule has 0 N–H and O–H groups in total. The van der Waals surface area contributed by atoms with Crippen LogP contribution < -0.4 is 4.90 Å². The first-order valence-electron chi connectivity index (χ1n) is 19.3. The summed E-state index contributed by atoms with van der Waals surface area (Å²) in [4.78, 5) is 2.61. The molecule has 4 fully saturated rings. The lowest BCUT2D eigenvalue weighted by molar-refractivity contribution is -0.231. The maximum atomic E-state index is 2.67. The molecule has 5 aromatic carbocycles. The minimum atomic E-state index is 0.145. The van der Waals surface area contributed by atoms with Gasteiger partial charge in [0.2, 0.25) is 0 Å². The number of rotatable bonds is 3. The second-order valence-corrected chi connectivity index (χ2v) is 19.5. The Balaban J connectivity index is 1.09. The summed E-state index contributed by atoms with van der Waals surface area (Å²) in [6.07, 6.45) is 8.34. The van der Waals surface area contributed by atoms with Crippen LogP contribution in [0.25, 0.3) is 31.3 Å². The number of hydrogen-bond donors (Lipinski definition) is 0. The quantitative estimate of drug-likeness (QED) is 0.182. The van der Waals surface area contributed by atoms with E-state index in [0.29, 0.717) is 5.41 Å². The van der Waals surface area contributed by atoms with Crippen LogP contribution in [0.4, 0.5) is 17.1 Å². The highest BCUT2D eigenvalue weighted by atomic mass is 32.1. The van der Waals surface area contributed by atoms with Gasteiger partial charge in [-0.25, -0.2) is 0 Å². The van der Waals surface area contributed by atoms with Crippen molar-refractivity contribution in [3.63, 3.8) is 0 Å². The monoisotopic (exact) mass is 667 g/mol. The average molecular weight is 668 g/mol. The molecule has 1 nitrogen and oxygen atoms in total. The lowest BCUT2D eigenvalue weighted by atomic mass is 9.27. The van der Waals surface area contributed by atoms with Gasteiger partial charge in [-0.05, 0) is 160 Å². The predicted octanol–water partition coefficient (Wildman–Crippen LogP) is 13.2. The van der Waals surface area contributed by atoms with Crippen LogP contribution in [0.5, 0.6) is 0 Å². The molecule has 0 saturated heterocycles. The molecule has 1 aromatic heterocycles. The van der Waals surface area contributed by atoms with Crippen LogP contribution in [-0.2, 0) is 16.2 Å². The minimum Gasteiger partial charge on any atom is -0.310 e. The van der Waals surface area contributed by atoms with Gasteiger partial charge in [0.05, 0.1) is 0 Å². The fraction of sp³-hybridized carbons (Fsp3) is 0.375. The lowest BCUT2D eigenvalue weighted by Gasteiger charge is -2.76. The molecule has 12 rings (SSSR count). The number of nitrogens with zero attached hydrogens (tertiary/aromatic N) is 1. The third-order valence-electron chi connectivity index (χ3n) is 15.6. The van der Waals surface area contributed by atoms with Gasteiger partial charge >= 0.3 is 0 Å². The lowest BCUT2D eigenvalue weighted by Crippen LogP contribution is -2.73. The van der Waals surface area contributed by atoms with E-state index in [0.717, 1.165) is 23.7 Å². The zero-order valence-electron chi connectivity index (χ0n) is 29.7. The smallest absolute Gasteiger partial charge is 0.0468 e. The zero-order chi connectivity index (χ0) is 33.4. The fourth-order valence-electron chi connectivity index (χ4n) is 13.5. The number of benzene rings is 5. The Hall–Kier alpha value is -3.88. The first-order chi connectivity index (χ1) is 24.2. The van der Waals surface area contributed by atoms with E-state index in [2.05, 4.69) is 136 Å². The highest BCUT2D eigenvalue weighted by Crippen LogP contribution is 2.89. The highest BCUT2D eigenvalue weighted by Gasteiger charge is 2.84. The van der Waals surface area contributed by atoms with E-state index in [1.807, 2.05) is 11.3 Å². The Kier molecular flexibility index (Phi) is 5.25. The molecule has 1 heterocycles. The van der Waals surface area contributed by atoms with E-state index in [1.54, 1.807) is 11.1 Å². The summed E-state index contributed by atoms with van der Waals surface area (Å²) in [5.74, 6) is 3.57. The molecule has 6 unspecified atom stereocenters. The van der Waals surface area contributed by atoms with Gasteiger partial charge in [-0.2, -0.15) is 0 Å². The second kappa shape index (κ2) is 9.12. The van der Waals surface area contributed by atoms with Crippen molar-refractivity contribution < 1.29 is 0 Å². The van der Waals surface area contributed by atoms with Crippen molar-refractivity contribution in [1.82, 2.24) is 0 Å². The molecule has 6 aliphatic carbocycles. The second-order valence-electron chi connectivity index (χ2n) is 18.4.